The fourth-order valence-corrected chi connectivity index (χ4v) is 0. The lowest BCUT2D eigenvalue weighted by atomic mass is 10.6. The van der Waals surface area contributed by atoms with Crippen molar-refractivity contribution in [2.24, 2.45) is 0 Å². The first-order chi connectivity index (χ1) is 16.9. The van der Waals surface area contributed by atoms with Gasteiger partial charge < -0.3 is 34.2 Å². The molecule has 14 nitrogen and oxygen atoms in total. The summed E-state index contributed by atoms with van der Waals surface area (Å²) >= 11 is 0. The van der Waals surface area contributed by atoms with Crippen LogP contribution in [0.5, 0.6) is 0 Å². The monoisotopic (exact) mass is 663 g/mol. The molecule has 0 rings (SSSR count). The van der Waals surface area contributed by atoms with Crippen LogP contribution in [0.3, 0.4) is 0 Å². The Morgan fingerprint density at radius 3 is 0.634 bits per heavy atom. The maximum absolute atomic E-state index is 9.63. The van der Waals surface area contributed by atoms with Gasteiger partial charge in [-0.1, -0.05) is 7.43 Å². The molecule has 0 aromatic heterocycles. The number of methoxy groups -OCH3 is 2. The summed E-state index contributed by atoms with van der Waals surface area (Å²) < 4.78 is 56.3. The van der Waals surface area contributed by atoms with E-state index in [1.165, 1.54) is 76.7 Å². The van der Waals surface area contributed by atoms with Crippen molar-refractivity contribution in [2.75, 3.05) is 58.8 Å². The van der Waals surface area contributed by atoms with Crippen LogP contribution in [0.1, 0.15) is 62.8 Å². The van der Waals surface area contributed by atoms with Gasteiger partial charge in [-0.15, -0.1) is 0 Å². The van der Waals surface area contributed by atoms with Crippen LogP contribution in [0.4, 0.5) is 0 Å². The highest BCUT2D eigenvalue weighted by Crippen LogP contribution is 1.62. The SMILES string of the molecule is C.CC(C)=O.CC(C)=O.CC(C)=O.COC(C)=O.COC(C)=O.CS(C)(=O)=O.CS(C)(=O)=O.CS(C)=O.O.[C-]#[N+]C. The van der Waals surface area contributed by atoms with Gasteiger partial charge in [0.2, 0.25) is 7.05 Å². The highest BCUT2D eigenvalue weighted by Gasteiger charge is 1.79. The Morgan fingerprint density at radius 1 is 0.610 bits per heavy atom. The minimum atomic E-state index is -2.67. The highest BCUT2D eigenvalue weighted by molar-refractivity contribution is 7.90. The van der Waals surface area contributed by atoms with Crippen molar-refractivity contribution in [1.82, 2.24) is 0 Å². The lowest BCUT2D eigenvalue weighted by Gasteiger charge is -1.80. The van der Waals surface area contributed by atoms with Crippen LogP contribution in [0, 0.1) is 6.57 Å². The molecule has 0 atom stereocenters. The fraction of sp³-hybridized carbons (Fsp3) is 0.750. The Morgan fingerprint density at radius 2 is 0.634 bits per heavy atom. The van der Waals surface area contributed by atoms with Gasteiger partial charge in [0, 0.05) is 62.2 Å². The van der Waals surface area contributed by atoms with Gasteiger partial charge in [-0.3, -0.25) is 13.8 Å². The number of rotatable bonds is 0. The van der Waals surface area contributed by atoms with Crippen LogP contribution < -0.4 is 0 Å². The van der Waals surface area contributed by atoms with Crippen LogP contribution in [0.2, 0.25) is 0 Å². The first kappa shape index (κ1) is 71.6. The van der Waals surface area contributed by atoms with Gasteiger partial charge in [-0.2, -0.15) is 0 Å². The molecule has 41 heavy (non-hydrogen) atoms. The normalized spacial score (nSPS) is 7.44. The molecular formula is C24H57NO13S3. The number of ether oxygens (including phenoxy) is 2. The molecule has 0 saturated heterocycles. The Bertz CT molecular complexity index is 766. The largest absolute Gasteiger partial charge is 0.469 e. The third-order valence-electron chi connectivity index (χ3n) is 0.575. The van der Waals surface area contributed by atoms with Crippen molar-refractivity contribution in [3.63, 3.8) is 0 Å². The van der Waals surface area contributed by atoms with E-state index in [9.17, 15) is 45.0 Å². The summed E-state index contributed by atoms with van der Waals surface area (Å²) in [5.41, 5.74) is 0. The first-order valence-electron chi connectivity index (χ1n) is 10.2. The maximum Gasteiger partial charge on any atom is 0.302 e. The average molecular weight is 664 g/mol. The molecule has 0 spiro atoms. The zero-order valence-corrected chi connectivity index (χ0v) is 29.5. The minimum absolute atomic E-state index is 0. The molecular weight excluding hydrogens is 606 g/mol. The van der Waals surface area contributed by atoms with E-state index in [1.807, 2.05) is 0 Å². The van der Waals surface area contributed by atoms with E-state index >= 15 is 0 Å². The van der Waals surface area contributed by atoms with E-state index < -0.39 is 30.5 Å². The van der Waals surface area contributed by atoms with Crippen molar-refractivity contribution >= 4 is 59.8 Å². The molecule has 0 fully saturated rings. The molecule has 0 aliphatic rings. The third-order valence-corrected chi connectivity index (χ3v) is 0.575. The first-order valence-corrected chi connectivity index (χ1v) is 16.8. The third kappa shape index (κ3) is 22400. The van der Waals surface area contributed by atoms with Gasteiger partial charge in [0.15, 0.2) is 0 Å². The summed E-state index contributed by atoms with van der Waals surface area (Å²) in [5.74, 6) is 0.00926. The molecule has 0 unspecified atom stereocenters. The minimum Gasteiger partial charge on any atom is -0.469 e. The van der Waals surface area contributed by atoms with Crippen LogP contribution in [-0.2, 0) is 63.9 Å². The number of carbonyl (C=O) groups excluding carboxylic acids is 5. The molecule has 0 aliphatic heterocycles. The van der Waals surface area contributed by atoms with Gasteiger partial charge in [0.1, 0.15) is 37.0 Å². The summed E-state index contributed by atoms with van der Waals surface area (Å²) in [7, 11) is -1.83. The maximum atomic E-state index is 9.63. The number of ketones is 3. The number of Topliss-reactive ketones (excluding diaryl/α,β-unsaturated/α-hetero) is 3. The predicted octanol–water partition coefficient (Wildman–Crippen LogP) is 1.81. The number of hydrogen-bond acceptors (Lipinski definition) is 12. The predicted molar refractivity (Wildman–Crippen MR) is 169 cm³/mol. The van der Waals surface area contributed by atoms with Crippen molar-refractivity contribution < 1.29 is 60.0 Å². The number of carbonyl (C=O) groups is 5. The summed E-state index contributed by atoms with van der Waals surface area (Å²) in [6, 6.07) is 0. The Labute approximate surface area is 252 Å². The van der Waals surface area contributed by atoms with Crippen LogP contribution in [0.25, 0.3) is 4.85 Å². The topological polar surface area (TPSA) is 225 Å². The van der Waals surface area contributed by atoms with E-state index in [-0.39, 0.29) is 42.2 Å². The molecule has 0 bridgehead atoms. The van der Waals surface area contributed by atoms with Crippen LogP contribution in [-0.4, -0.2) is 115 Å². The molecule has 0 saturated carbocycles. The lowest BCUT2D eigenvalue weighted by Crippen LogP contribution is -1.88. The molecule has 0 aromatic carbocycles. The van der Waals surface area contributed by atoms with E-state index in [4.69, 9.17) is 6.57 Å². The van der Waals surface area contributed by atoms with Crippen LogP contribution in [0.15, 0.2) is 0 Å². The fourth-order valence-electron chi connectivity index (χ4n) is 0. The number of hydrogen-bond donors (Lipinski definition) is 0. The molecule has 17 heteroatoms. The lowest BCUT2D eigenvalue weighted by molar-refractivity contribution is -0.138. The zero-order valence-electron chi connectivity index (χ0n) is 27.1. The standard InChI is InChI=1S/2C3H6O2.3C3H6O.C2H3N.2C2H6O2S.C2H6OS.CH4.H2O/c2*1-3(4)5-2;3*1-3(2)4;1-3-2;2*1-5(2,3)4;1-4(2)3;;/h2*1-2H3;3*1-2H3;1H3;2*1-2H3;1-2H3;1H4;1H2. The molecule has 254 valence electrons. The Balaban J connectivity index is -0.0000000274. The number of nitrogens with zero attached hydrogens (tertiary/aromatic N) is 1. The molecule has 0 heterocycles. The Hall–Kier alpha value is -2.55. The molecule has 0 aliphatic carbocycles. The van der Waals surface area contributed by atoms with Crippen molar-refractivity contribution in [3.8, 4) is 0 Å². The van der Waals surface area contributed by atoms with Gasteiger partial charge in [-0.05, 0) is 41.5 Å². The average Bonchev–Trinajstić information content (AvgIpc) is 2.58. The van der Waals surface area contributed by atoms with Gasteiger partial charge >= 0.3 is 11.9 Å². The smallest absolute Gasteiger partial charge is 0.302 e. The van der Waals surface area contributed by atoms with E-state index in [1.54, 1.807) is 12.5 Å². The molecule has 2 N–H and O–H groups in total. The second-order valence-electron chi connectivity index (χ2n) is 7.37. The molecule has 0 radical (unpaired) electrons. The summed E-state index contributed by atoms with van der Waals surface area (Å²) in [4.78, 5) is 50.3. The van der Waals surface area contributed by atoms with Gasteiger partial charge in [-0.25, -0.2) is 23.4 Å². The van der Waals surface area contributed by atoms with Crippen molar-refractivity contribution in [1.29, 1.82) is 0 Å². The Kier molecular flexibility index (Phi) is 93.7. The quantitative estimate of drug-likeness (QED) is 0.267. The number of sulfone groups is 2. The molecule has 0 aromatic rings. The second-order valence-corrected chi connectivity index (χ2v) is 13.4. The van der Waals surface area contributed by atoms with Crippen molar-refractivity contribution in [2.45, 2.75) is 62.8 Å². The number of esters is 2. The highest BCUT2D eigenvalue weighted by atomic mass is 32.2. The second kappa shape index (κ2) is 53.7. The summed E-state index contributed by atoms with van der Waals surface area (Å²) in [5, 5.41) is 0. The van der Waals surface area contributed by atoms with E-state index in [0.29, 0.717) is 0 Å². The van der Waals surface area contributed by atoms with Crippen molar-refractivity contribution in [3.05, 3.63) is 11.4 Å². The van der Waals surface area contributed by atoms with Gasteiger partial charge in [0.25, 0.3) is 0 Å². The summed E-state index contributed by atoms with van der Waals surface area (Å²) in [6.07, 6.45) is 7.92. The van der Waals surface area contributed by atoms with Gasteiger partial charge in [0.05, 0.1) is 14.2 Å². The van der Waals surface area contributed by atoms with E-state index in [2.05, 4.69) is 14.3 Å². The zero-order chi connectivity index (χ0) is 34.6. The summed E-state index contributed by atoms with van der Waals surface area (Å²) in [6.45, 7) is 17.7. The van der Waals surface area contributed by atoms with E-state index in [0.717, 1.165) is 25.0 Å². The molecule has 0 amide bonds. The van der Waals surface area contributed by atoms with Crippen LogP contribution >= 0.6 is 0 Å².